The third-order valence-corrected chi connectivity index (χ3v) is 5.28. The molecule has 25 heavy (non-hydrogen) atoms. The lowest BCUT2D eigenvalue weighted by atomic mass is 9.84. The number of hydrogen-bond donors (Lipinski definition) is 2. The van der Waals surface area contributed by atoms with E-state index in [1.807, 2.05) is 18.2 Å². The van der Waals surface area contributed by atoms with Gasteiger partial charge in [0.15, 0.2) is 0 Å². The molecular weight excluding hydrogens is 320 g/mol. The van der Waals surface area contributed by atoms with Crippen molar-refractivity contribution in [1.82, 2.24) is 10.2 Å². The number of carboxylic acid groups (broad SMARTS) is 1. The van der Waals surface area contributed by atoms with Gasteiger partial charge in [0.05, 0.1) is 6.42 Å². The molecule has 2 fully saturated rings. The van der Waals surface area contributed by atoms with Crippen LogP contribution in [0.15, 0.2) is 30.3 Å². The van der Waals surface area contributed by atoms with Gasteiger partial charge in [-0.3, -0.25) is 14.4 Å². The molecule has 6 heteroatoms. The first kappa shape index (κ1) is 17.5. The van der Waals surface area contributed by atoms with Crippen LogP contribution >= 0.6 is 0 Å². The SMILES string of the molecule is O=C(O)CCNC(=O)[C@@H]1C[C@@H]2CCCC[C@@H]2N1C(=O)c1ccccc1. The topological polar surface area (TPSA) is 86.7 Å². The lowest BCUT2D eigenvalue weighted by Crippen LogP contribution is -2.49. The van der Waals surface area contributed by atoms with Gasteiger partial charge in [0.2, 0.25) is 5.91 Å². The largest absolute Gasteiger partial charge is 0.481 e. The van der Waals surface area contributed by atoms with E-state index in [0.717, 1.165) is 25.7 Å². The van der Waals surface area contributed by atoms with Gasteiger partial charge in [0, 0.05) is 18.2 Å². The smallest absolute Gasteiger partial charge is 0.305 e. The summed E-state index contributed by atoms with van der Waals surface area (Å²) in [6.07, 6.45) is 4.75. The quantitative estimate of drug-likeness (QED) is 0.856. The van der Waals surface area contributed by atoms with Crippen molar-refractivity contribution >= 4 is 17.8 Å². The predicted octanol–water partition coefficient (Wildman–Crippen LogP) is 2.05. The molecule has 134 valence electrons. The molecule has 6 nitrogen and oxygen atoms in total. The van der Waals surface area contributed by atoms with Gasteiger partial charge >= 0.3 is 5.97 Å². The molecule has 1 saturated carbocycles. The van der Waals surface area contributed by atoms with Crippen LogP contribution in [0.1, 0.15) is 48.9 Å². The Bertz CT molecular complexity index is 646. The van der Waals surface area contributed by atoms with Gasteiger partial charge in [0.1, 0.15) is 6.04 Å². The van der Waals surface area contributed by atoms with E-state index >= 15 is 0 Å². The van der Waals surface area contributed by atoms with Crippen LogP contribution in [0.2, 0.25) is 0 Å². The van der Waals surface area contributed by atoms with Crippen molar-refractivity contribution in [3.63, 3.8) is 0 Å². The molecular formula is C19H24N2O4. The summed E-state index contributed by atoms with van der Waals surface area (Å²) in [6, 6.07) is 8.66. The van der Waals surface area contributed by atoms with Crippen LogP contribution in [0, 0.1) is 5.92 Å². The van der Waals surface area contributed by atoms with Crippen LogP contribution in [0.3, 0.4) is 0 Å². The van der Waals surface area contributed by atoms with Crippen molar-refractivity contribution in [3.8, 4) is 0 Å². The van der Waals surface area contributed by atoms with Gasteiger partial charge in [0.25, 0.3) is 5.91 Å². The zero-order valence-corrected chi connectivity index (χ0v) is 14.2. The van der Waals surface area contributed by atoms with Crippen LogP contribution in [-0.2, 0) is 9.59 Å². The highest BCUT2D eigenvalue weighted by molar-refractivity contribution is 5.98. The fraction of sp³-hybridized carbons (Fsp3) is 0.526. The second-order valence-corrected chi connectivity index (χ2v) is 6.88. The standard InChI is InChI=1S/C19H24N2O4/c22-17(23)10-11-20-18(24)16-12-14-8-4-5-9-15(14)21(16)19(25)13-6-2-1-3-7-13/h1-3,6-7,14-16H,4-5,8-12H2,(H,20,24)(H,22,23)/t14-,15-,16-/m0/s1. The van der Waals surface area contributed by atoms with Crippen LogP contribution < -0.4 is 5.32 Å². The van der Waals surface area contributed by atoms with Gasteiger partial charge in [-0.1, -0.05) is 31.0 Å². The van der Waals surface area contributed by atoms with Crippen molar-refractivity contribution in [2.45, 2.75) is 50.6 Å². The number of hydrogen-bond acceptors (Lipinski definition) is 3. The summed E-state index contributed by atoms with van der Waals surface area (Å²) in [5.74, 6) is -0.928. The Morgan fingerprint density at radius 1 is 1.12 bits per heavy atom. The number of likely N-dealkylation sites (tertiary alicyclic amines) is 1. The highest BCUT2D eigenvalue weighted by Crippen LogP contribution is 2.40. The Kier molecular flexibility index (Phi) is 5.36. The Morgan fingerprint density at radius 2 is 1.84 bits per heavy atom. The van der Waals surface area contributed by atoms with E-state index in [-0.39, 0.29) is 30.8 Å². The van der Waals surface area contributed by atoms with Gasteiger partial charge < -0.3 is 15.3 Å². The van der Waals surface area contributed by atoms with E-state index in [1.54, 1.807) is 17.0 Å². The molecule has 1 aromatic rings. The maximum Gasteiger partial charge on any atom is 0.305 e. The van der Waals surface area contributed by atoms with Gasteiger partial charge in [-0.25, -0.2) is 0 Å². The van der Waals surface area contributed by atoms with E-state index in [9.17, 15) is 14.4 Å². The fourth-order valence-electron chi connectivity index (χ4n) is 4.13. The Balaban J connectivity index is 1.78. The molecule has 0 aromatic heterocycles. The molecule has 0 spiro atoms. The van der Waals surface area contributed by atoms with Crippen LogP contribution in [0.5, 0.6) is 0 Å². The molecule has 2 N–H and O–H groups in total. The third kappa shape index (κ3) is 3.83. The minimum Gasteiger partial charge on any atom is -0.481 e. The number of nitrogens with zero attached hydrogens (tertiary/aromatic N) is 1. The normalized spacial score (nSPS) is 25.3. The summed E-state index contributed by atoms with van der Waals surface area (Å²) in [7, 11) is 0. The van der Waals surface area contributed by atoms with Crippen LogP contribution in [0.4, 0.5) is 0 Å². The lowest BCUT2D eigenvalue weighted by molar-refractivity contribution is -0.137. The number of amides is 2. The van der Waals surface area contributed by atoms with E-state index in [1.165, 1.54) is 0 Å². The minimum atomic E-state index is -0.947. The molecule has 3 rings (SSSR count). The van der Waals surface area contributed by atoms with Gasteiger partial charge in [-0.15, -0.1) is 0 Å². The highest BCUT2D eigenvalue weighted by atomic mass is 16.4. The third-order valence-electron chi connectivity index (χ3n) is 5.28. The van der Waals surface area contributed by atoms with Crippen molar-refractivity contribution in [1.29, 1.82) is 0 Å². The van der Waals surface area contributed by atoms with Crippen molar-refractivity contribution in [2.75, 3.05) is 6.54 Å². The van der Waals surface area contributed by atoms with Crippen molar-refractivity contribution < 1.29 is 19.5 Å². The second kappa shape index (κ2) is 7.68. The molecule has 1 aliphatic heterocycles. The molecule has 2 aliphatic rings. The van der Waals surface area contributed by atoms with Crippen LogP contribution in [0.25, 0.3) is 0 Å². The Morgan fingerprint density at radius 3 is 2.56 bits per heavy atom. The van der Waals surface area contributed by atoms with Crippen molar-refractivity contribution in [2.24, 2.45) is 5.92 Å². The average molecular weight is 344 g/mol. The van der Waals surface area contributed by atoms with E-state index in [0.29, 0.717) is 17.9 Å². The second-order valence-electron chi connectivity index (χ2n) is 6.88. The molecule has 1 saturated heterocycles. The Hall–Kier alpha value is -2.37. The molecule has 2 amide bonds. The number of rotatable bonds is 5. The average Bonchev–Trinajstić information content (AvgIpc) is 3.01. The first-order valence-corrected chi connectivity index (χ1v) is 8.95. The minimum absolute atomic E-state index is 0.0906. The summed E-state index contributed by atoms with van der Waals surface area (Å²) in [6.45, 7) is 0.0906. The summed E-state index contributed by atoms with van der Waals surface area (Å²) in [5.41, 5.74) is 0.594. The molecule has 0 unspecified atom stereocenters. The highest BCUT2D eigenvalue weighted by Gasteiger charge is 2.47. The van der Waals surface area contributed by atoms with Crippen LogP contribution in [-0.4, -0.2) is 46.4 Å². The molecule has 1 aliphatic carbocycles. The van der Waals surface area contributed by atoms with Gasteiger partial charge in [-0.2, -0.15) is 0 Å². The number of aliphatic carboxylic acids is 1. The summed E-state index contributed by atoms with van der Waals surface area (Å²) < 4.78 is 0. The number of carbonyl (C=O) groups excluding carboxylic acids is 2. The summed E-state index contributed by atoms with van der Waals surface area (Å²) >= 11 is 0. The number of carboxylic acids is 1. The Labute approximate surface area is 147 Å². The summed E-state index contributed by atoms with van der Waals surface area (Å²) in [4.78, 5) is 38.1. The zero-order valence-electron chi connectivity index (χ0n) is 14.2. The summed E-state index contributed by atoms with van der Waals surface area (Å²) in [5, 5.41) is 11.4. The molecule has 1 aromatic carbocycles. The van der Waals surface area contributed by atoms with Gasteiger partial charge in [-0.05, 0) is 37.3 Å². The number of nitrogens with one attached hydrogen (secondary N) is 1. The first-order chi connectivity index (χ1) is 12.1. The van der Waals surface area contributed by atoms with Crippen molar-refractivity contribution in [3.05, 3.63) is 35.9 Å². The molecule has 3 atom stereocenters. The maximum atomic E-state index is 13.1. The molecule has 1 heterocycles. The van der Waals surface area contributed by atoms with E-state index in [2.05, 4.69) is 5.32 Å². The molecule has 0 bridgehead atoms. The van der Waals surface area contributed by atoms with E-state index < -0.39 is 12.0 Å². The predicted molar refractivity (Wildman–Crippen MR) is 92.0 cm³/mol. The monoisotopic (exact) mass is 344 g/mol. The zero-order chi connectivity index (χ0) is 17.8. The first-order valence-electron chi connectivity index (χ1n) is 8.95. The lowest BCUT2D eigenvalue weighted by Gasteiger charge is -2.33. The van der Waals surface area contributed by atoms with E-state index in [4.69, 9.17) is 5.11 Å². The fourth-order valence-corrected chi connectivity index (χ4v) is 4.13. The number of carbonyl (C=O) groups is 3. The number of benzene rings is 1. The molecule has 0 radical (unpaired) electrons. The maximum absolute atomic E-state index is 13.1. The number of fused-ring (bicyclic) bond motifs is 1.